The molecule has 1 aliphatic rings. The maximum atomic E-state index is 12.7. The Bertz CT molecular complexity index is 465. The van der Waals surface area contributed by atoms with Crippen molar-refractivity contribution in [2.75, 3.05) is 13.1 Å². The van der Waals surface area contributed by atoms with Gasteiger partial charge in [-0.2, -0.15) is 0 Å². The molecule has 0 aromatic heterocycles. The zero-order chi connectivity index (χ0) is 13.2. The highest BCUT2D eigenvalue weighted by Crippen LogP contribution is 2.16. The summed E-state index contributed by atoms with van der Waals surface area (Å²) in [4.78, 5) is 11.9. The van der Waals surface area contributed by atoms with Crippen molar-refractivity contribution in [3.63, 3.8) is 0 Å². The molecule has 2 N–H and O–H groups in total. The Balaban J connectivity index is 2.05. The minimum atomic E-state index is -0.338. The molecule has 1 aliphatic heterocycles. The van der Waals surface area contributed by atoms with Crippen molar-refractivity contribution >= 4 is 5.78 Å². The Hall–Kier alpha value is -1.84. The average Bonchev–Trinajstić information content (AvgIpc) is 2.33. The topological polar surface area (TPSA) is 41.1 Å². The van der Waals surface area contributed by atoms with Crippen LogP contribution in [0.3, 0.4) is 0 Å². The number of halogens is 1. The number of ketones is 1. The van der Waals surface area contributed by atoms with Crippen LogP contribution in [0, 0.1) is 11.2 Å². The molecule has 4 heteroatoms. The molecule has 0 bridgehead atoms. The van der Waals surface area contributed by atoms with Crippen molar-refractivity contribution in [2.24, 2.45) is 5.41 Å². The van der Waals surface area contributed by atoms with Crippen LogP contribution in [0.25, 0.3) is 0 Å². The fourth-order valence-electron chi connectivity index (χ4n) is 1.72. The molecule has 0 amide bonds. The quantitative estimate of drug-likeness (QED) is 0.622. The van der Waals surface area contributed by atoms with Crippen molar-refractivity contribution in [3.05, 3.63) is 47.5 Å². The Kier molecular flexibility index (Phi) is 3.36. The normalized spacial score (nSPS) is 17.6. The predicted molar refractivity (Wildman–Crippen MR) is 68.6 cm³/mol. The molecule has 0 aliphatic carbocycles. The van der Waals surface area contributed by atoms with Gasteiger partial charge in [-0.15, -0.1) is 0 Å². The van der Waals surface area contributed by atoms with Gasteiger partial charge in [0, 0.05) is 24.7 Å². The smallest absolute Gasteiger partial charge is 0.189 e. The zero-order valence-corrected chi connectivity index (χ0v) is 10.6. The largest absolute Gasteiger partial charge is 0.371 e. The first-order valence-corrected chi connectivity index (χ1v) is 5.96. The van der Waals surface area contributed by atoms with Crippen molar-refractivity contribution < 1.29 is 9.18 Å². The van der Waals surface area contributed by atoms with Gasteiger partial charge in [-0.3, -0.25) is 4.79 Å². The molecule has 18 heavy (non-hydrogen) atoms. The summed E-state index contributed by atoms with van der Waals surface area (Å²) in [6.45, 7) is 5.93. The highest BCUT2D eigenvalue weighted by atomic mass is 19.1. The highest BCUT2D eigenvalue weighted by Gasteiger charge is 2.22. The monoisotopic (exact) mass is 248 g/mol. The number of rotatable bonds is 2. The van der Waals surface area contributed by atoms with Crippen LogP contribution in [-0.4, -0.2) is 18.9 Å². The summed E-state index contributed by atoms with van der Waals surface area (Å²) >= 11 is 0. The second-order valence-electron chi connectivity index (χ2n) is 5.30. The molecule has 0 unspecified atom stereocenters. The molecule has 0 radical (unpaired) electrons. The number of hydrogen-bond donors (Lipinski definition) is 2. The van der Waals surface area contributed by atoms with Gasteiger partial charge in [-0.25, -0.2) is 4.39 Å². The first-order valence-electron chi connectivity index (χ1n) is 5.96. The lowest BCUT2D eigenvalue weighted by molar-refractivity contribution is 0.104. The van der Waals surface area contributed by atoms with E-state index in [1.54, 1.807) is 0 Å². The second-order valence-corrected chi connectivity index (χ2v) is 5.30. The van der Waals surface area contributed by atoms with Gasteiger partial charge in [0.15, 0.2) is 5.78 Å². The van der Waals surface area contributed by atoms with Gasteiger partial charge >= 0.3 is 0 Å². The minimum Gasteiger partial charge on any atom is -0.371 e. The maximum Gasteiger partial charge on any atom is 0.189 e. The van der Waals surface area contributed by atoms with Gasteiger partial charge in [0.05, 0.1) is 0 Å². The molecule has 0 saturated carbocycles. The van der Waals surface area contributed by atoms with Crippen molar-refractivity contribution in [1.29, 1.82) is 0 Å². The third-order valence-corrected chi connectivity index (χ3v) is 2.92. The number of hydrogen-bond acceptors (Lipinski definition) is 3. The minimum absolute atomic E-state index is 0.135. The molecular formula is C14H17FN2O. The fourth-order valence-corrected chi connectivity index (χ4v) is 1.72. The van der Waals surface area contributed by atoms with Gasteiger partial charge in [0.1, 0.15) is 11.6 Å². The molecule has 1 aromatic rings. The van der Waals surface area contributed by atoms with E-state index in [4.69, 9.17) is 0 Å². The maximum absolute atomic E-state index is 12.7. The van der Waals surface area contributed by atoms with Crippen LogP contribution >= 0.6 is 0 Å². The number of allylic oxidation sites excluding steroid dienone is 1. The first kappa shape index (κ1) is 12.6. The van der Waals surface area contributed by atoms with Gasteiger partial charge in [0.25, 0.3) is 0 Å². The number of benzene rings is 1. The Morgan fingerprint density at radius 3 is 2.33 bits per heavy atom. The summed E-state index contributed by atoms with van der Waals surface area (Å²) in [5.41, 5.74) is 0.660. The molecule has 2 rings (SSSR count). The van der Waals surface area contributed by atoms with E-state index in [2.05, 4.69) is 24.5 Å². The lowest BCUT2D eigenvalue weighted by Gasteiger charge is -2.33. The third kappa shape index (κ3) is 3.09. The Labute approximate surface area is 106 Å². The van der Waals surface area contributed by atoms with Crippen LogP contribution in [0.1, 0.15) is 24.2 Å². The van der Waals surface area contributed by atoms with Crippen LogP contribution < -0.4 is 10.6 Å². The zero-order valence-electron chi connectivity index (χ0n) is 10.6. The molecular weight excluding hydrogens is 231 g/mol. The fraction of sp³-hybridized carbons (Fsp3) is 0.357. The summed E-state index contributed by atoms with van der Waals surface area (Å²) in [5, 5.41) is 6.35. The third-order valence-electron chi connectivity index (χ3n) is 2.92. The summed E-state index contributed by atoms with van der Waals surface area (Å²) in [6, 6.07) is 5.55. The molecule has 1 heterocycles. The molecule has 1 fully saturated rings. The van der Waals surface area contributed by atoms with Crippen LogP contribution in [0.4, 0.5) is 4.39 Å². The van der Waals surface area contributed by atoms with E-state index >= 15 is 0 Å². The SMILES string of the molecule is CC1(C)CNC(=CC(=O)c2ccc(F)cc2)NC1. The van der Waals surface area contributed by atoms with Crippen molar-refractivity contribution in [2.45, 2.75) is 13.8 Å². The van der Waals surface area contributed by atoms with Crippen LogP contribution in [-0.2, 0) is 0 Å². The molecule has 0 atom stereocenters. The standard InChI is InChI=1S/C14H17FN2O/c1-14(2)8-16-13(17-9-14)7-12(18)10-3-5-11(15)6-4-10/h3-7,16-17H,8-9H2,1-2H3. The Morgan fingerprint density at radius 2 is 1.78 bits per heavy atom. The number of carbonyl (C=O) groups is 1. The van der Waals surface area contributed by atoms with E-state index in [9.17, 15) is 9.18 Å². The van der Waals surface area contributed by atoms with Crippen molar-refractivity contribution in [3.8, 4) is 0 Å². The summed E-state index contributed by atoms with van der Waals surface area (Å²) < 4.78 is 12.7. The van der Waals surface area contributed by atoms with E-state index in [1.807, 2.05) is 0 Å². The number of nitrogens with one attached hydrogen (secondary N) is 2. The highest BCUT2D eigenvalue weighted by molar-refractivity contribution is 6.04. The summed E-state index contributed by atoms with van der Waals surface area (Å²) in [7, 11) is 0. The second kappa shape index (κ2) is 4.80. The molecule has 96 valence electrons. The molecule has 3 nitrogen and oxygen atoms in total. The Morgan fingerprint density at radius 1 is 1.22 bits per heavy atom. The van der Waals surface area contributed by atoms with Gasteiger partial charge in [-0.1, -0.05) is 13.8 Å². The lowest BCUT2D eigenvalue weighted by atomic mass is 9.92. The summed E-state index contributed by atoms with van der Waals surface area (Å²) in [6.07, 6.45) is 1.52. The first-order chi connectivity index (χ1) is 8.46. The van der Waals surface area contributed by atoms with Crippen LogP contribution in [0.2, 0.25) is 0 Å². The lowest BCUT2D eigenvalue weighted by Crippen LogP contribution is -2.47. The predicted octanol–water partition coefficient (Wildman–Crippen LogP) is 2.07. The molecule has 1 saturated heterocycles. The van der Waals surface area contributed by atoms with E-state index < -0.39 is 0 Å². The van der Waals surface area contributed by atoms with Crippen LogP contribution in [0.15, 0.2) is 36.2 Å². The van der Waals surface area contributed by atoms with E-state index in [-0.39, 0.29) is 17.0 Å². The van der Waals surface area contributed by atoms with Gasteiger partial charge < -0.3 is 10.6 Å². The van der Waals surface area contributed by atoms with E-state index in [1.165, 1.54) is 30.3 Å². The van der Waals surface area contributed by atoms with Crippen LogP contribution in [0.5, 0.6) is 0 Å². The van der Waals surface area contributed by atoms with E-state index in [0.717, 1.165) is 18.9 Å². The average molecular weight is 248 g/mol. The van der Waals surface area contributed by atoms with Crippen molar-refractivity contribution in [1.82, 2.24) is 10.6 Å². The molecule has 0 spiro atoms. The van der Waals surface area contributed by atoms with E-state index in [0.29, 0.717) is 5.56 Å². The van der Waals surface area contributed by atoms with Gasteiger partial charge in [0.2, 0.25) is 0 Å². The van der Waals surface area contributed by atoms with Gasteiger partial charge in [-0.05, 0) is 29.7 Å². The molecule has 1 aromatic carbocycles. The number of carbonyl (C=O) groups excluding carboxylic acids is 1. The summed E-state index contributed by atoms with van der Waals surface area (Å²) in [5.74, 6) is 0.253.